The van der Waals surface area contributed by atoms with Crippen molar-refractivity contribution < 1.29 is 0 Å². The first-order valence-corrected chi connectivity index (χ1v) is 5.94. The van der Waals surface area contributed by atoms with Gasteiger partial charge in [-0.1, -0.05) is 38.2 Å². The maximum absolute atomic E-state index is 2.39. The Morgan fingerprint density at radius 3 is 2.64 bits per heavy atom. The third-order valence-corrected chi connectivity index (χ3v) is 3.71. The molecule has 0 heteroatoms. The van der Waals surface area contributed by atoms with E-state index >= 15 is 0 Å². The Morgan fingerprint density at radius 1 is 1.07 bits per heavy atom. The van der Waals surface area contributed by atoms with Crippen molar-refractivity contribution in [2.45, 2.75) is 39.5 Å². The van der Waals surface area contributed by atoms with Crippen LogP contribution in [0.1, 0.15) is 39.5 Å². The minimum absolute atomic E-state index is 0.791. The Labute approximate surface area is 88.1 Å². The molecule has 0 aromatic heterocycles. The molecule has 0 aromatic rings. The molecule has 3 unspecified atom stereocenters. The molecule has 77 valence electrons. The van der Waals surface area contributed by atoms with Crippen molar-refractivity contribution in [2.75, 3.05) is 0 Å². The molecular weight excluding hydrogens is 168 g/mol. The Kier molecular flexibility index (Phi) is 3.10. The lowest BCUT2D eigenvalue weighted by Gasteiger charge is -2.34. The van der Waals surface area contributed by atoms with Gasteiger partial charge in [0.1, 0.15) is 0 Å². The van der Waals surface area contributed by atoms with E-state index in [-0.39, 0.29) is 0 Å². The zero-order valence-electron chi connectivity index (χ0n) is 9.37. The van der Waals surface area contributed by atoms with Crippen LogP contribution in [0.15, 0.2) is 24.3 Å². The molecule has 0 saturated carbocycles. The molecule has 0 nitrogen and oxygen atoms in total. The predicted octanol–water partition coefficient (Wildman–Crippen LogP) is 4.15. The molecule has 0 heterocycles. The molecule has 3 atom stereocenters. The summed E-state index contributed by atoms with van der Waals surface area (Å²) in [6, 6.07) is 0. The van der Waals surface area contributed by atoms with Crippen LogP contribution in [0.2, 0.25) is 0 Å². The monoisotopic (exact) mass is 189 g/mol. The summed E-state index contributed by atoms with van der Waals surface area (Å²) < 4.78 is 0. The van der Waals surface area contributed by atoms with Crippen LogP contribution in [0, 0.1) is 23.7 Å². The van der Waals surface area contributed by atoms with Gasteiger partial charge in [0.15, 0.2) is 0 Å². The number of rotatable bonds is 1. The summed E-state index contributed by atoms with van der Waals surface area (Å²) in [4.78, 5) is 0. The second-order valence-electron chi connectivity index (χ2n) is 4.96. The SMILES string of the molecule is CC1C=CCC([C]2CC=CCC2C)C1. The van der Waals surface area contributed by atoms with Crippen molar-refractivity contribution in [3.63, 3.8) is 0 Å². The molecule has 14 heavy (non-hydrogen) atoms. The summed E-state index contributed by atoms with van der Waals surface area (Å²) in [7, 11) is 0. The fourth-order valence-corrected chi connectivity index (χ4v) is 2.84. The van der Waals surface area contributed by atoms with Crippen molar-refractivity contribution in [3.8, 4) is 0 Å². The summed E-state index contributed by atoms with van der Waals surface area (Å²) in [5.74, 6) is 4.29. The first-order chi connectivity index (χ1) is 6.77. The third-order valence-electron chi connectivity index (χ3n) is 3.71. The van der Waals surface area contributed by atoms with Crippen molar-refractivity contribution >= 4 is 0 Å². The van der Waals surface area contributed by atoms with Gasteiger partial charge in [0.05, 0.1) is 0 Å². The summed E-state index contributed by atoms with van der Waals surface area (Å²) in [6.45, 7) is 4.73. The summed E-state index contributed by atoms with van der Waals surface area (Å²) in [5.41, 5.74) is 0. The minimum atomic E-state index is 0.791. The fraction of sp³-hybridized carbons (Fsp3) is 0.643. The van der Waals surface area contributed by atoms with Crippen LogP contribution >= 0.6 is 0 Å². The number of hydrogen-bond donors (Lipinski definition) is 0. The standard InChI is InChI=1S/C14H21/c1-11-6-5-8-13(10-11)14-9-4-3-7-12(14)2/h3-6,11-13H,7-10H2,1-2H3. The molecular formula is C14H21. The van der Waals surface area contributed by atoms with Crippen molar-refractivity contribution in [1.29, 1.82) is 0 Å². The molecule has 0 N–H and O–H groups in total. The number of hydrogen-bond acceptors (Lipinski definition) is 0. The molecule has 2 aliphatic carbocycles. The largest absolute Gasteiger partial charge is 0.0882 e. The van der Waals surface area contributed by atoms with Crippen molar-refractivity contribution in [3.05, 3.63) is 30.2 Å². The molecule has 0 bridgehead atoms. The molecule has 0 saturated heterocycles. The lowest BCUT2D eigenvalue weighted by atomic mass is 9.70. The average molecular weight is 189 g/mol. The topological polar surface area (TPSA) is 0 Å². The Hall–Kier alpha value is -0.520. The van der Waals surface area contributed by atoms with Gasteiger partial charge in [0.25, 0.3) is 0 Å². The molecule has 0 spiro atoms. The summed E-state index contributed by atoms with van der Waals surface area (Å²) in [6.07, 6.45) is 14.6. The van der Waals surface area contributed by atoms with Gasteiger partial charge >= 0.3 is 0 Å². The van der Waals surface area contributed by atoms with E-state index in [4.69, 9.17) is 0 Å². The highest BCUT2D eigenvalue weighted by Crippen LogP contribution is 2.40. The maximum Gasteiger partial charge on any atom is -0.0138 e. The molecule has 0 fully saturated rings. The van der Waals surface area contributed by atoms with Gasteiger partial charge in [-0.25, -0.2) is 0 Å². The zero-order valence-corrected chi connectivity index (χ0v) is 9.37. The smallest absolute Gasteiger partial charge is 0.0138 e. The van der Waals surface area contributed by atoms with E-state index in [1.165, 1.54) is 25.7 Å². The van der Waals surface area contributed by atoms with Gasteiger partial charge in [-0.05, 0) is 49.4 Å². The lowest BCUT2D eigenvalue weighted by molar-refractivity contribution is 0.357. The molecule has 2 aliphatic rings. The van der Waals surface area contributed by atoms with E-state index < -0.39 is 0 Å². The van der Waals surface area contributed by atoms with Gasteiger partial charge in [-0.2, -0.15) is 0 Å². The molecule has 0 aliphatic heterocycles. The Balaban J connectivity index is 2.00. The third kappa shape index (κ3) is 2.10. The van der Waals surface area contributed by atoms with Crippen molar-refractivity contribution in [2.24, 2.45) is 17.8 Å². The fourth-order valence-electron chi connectivity index (χ4n) is 2.84. The van der Waals surface area contributed by atoms with Crippen molar-refractivity contribution in [1.82, 2.24) is 0 Å². The number of allylic oxidation sites excluding steroid dienone is 4. The van der Waals surface area contributed by atoms with E-state index in [1.54, 1.807) is 0 Å². The Morgan fingerprint density at radius 2 is 1.93 bits per heavy atom. The molecule has 0 aromatic carbocycles. The molecule has 1 radical (unpaired) electrons. The molecule has 0 amide bonds. The minimum Gasteiger partial charge on any atom is -0.0882 e. The van der Waals surface area contributed by atoms with E-state index in [0.717, 1.165) is 17.8 Å². The van der Waals surface area contributed by atoms with Gasteiger partial charge in [0.2, 0.25) is 0 Å². The van der Waals surface area contributed by atoms with Gasteiger partial charge in [0, 0.05) is 0 Å². The highest BCUT2D eigenvalue weighted by molar-refractivity contribution is 5.14. The van der Waals surface area contributed by atoms with Crippen LogP contribution in [0.4, 0.5) is 0 Å². The normalized spacial score (nSPS) is 38.9. The van der Waals surface area contributed by atoms with Crippen LogP contribution in [-0.2, 0) is 0 Å². The van der Waals surface area contributed by atoms with Crippen LogP contribution in [0.5, 0.6) is 0 Å². The van der Waals surface area contributed by atoms with Gasteiger partial charge in [-0.15, -0.1) is 0 Å². The van der Waals surface area contributed by atoms with Crippen LogP contribution in [0.3, 0.4) is 0 Å². The second kappa shape index (κ2) is 4.33. The Bertz CT molecular complexity index is 236. The van der Waals surface area contributed by atoms with Crippen LogP contribution in [-0.4, -0.2) is 0 Å². The van der Waals surface area contributed by atoms with Crippen LogP contribution in [0.25, 0.3) is 0 Å². The highest BCUT2D eigenvalue weighted by atomic mass is 14.3. The second-order valence-corrected chi connectivity index (χ2v) is 4.96. The zero-order chi connectivity index (χ0) is 9.97. The first kappa shape index (κ1) is 10.0. The van der Waals surface area contributed by atoms with E-state index in [1.807, 2.05) is 5.92 Å². The van der Waals surface area contributed by atoms with Crippen LogP contribution < -0.4 is 0 Å². The summed E-state index contributed by atoms with van der Waals surface area (Å²) in [5, 5.41) is 0. The average Bonchev–Trinajstić information content (AvgIpc) is 2.18. The van der Waals surface area contributed by atoms with E-state index in [2.05, 4.69) is 38.2 Å². The van der Waals surface area contributed by atoms with Gasteiger partial charge in [-0.3, -0.25) is 0 Å². The van der Waals surface area contributed by atoms with E-state index in [9.17, 15) is 0 Å². The van der Waals surface area contributed by atoms with E-state index in [0.29, 0.717) is 0 Å². The summed E-state index contributed by atoms with van der Waals surface area (Å²) >= 11 is 0. The van der Waals surface area contributed by atoms with Gasteiger partial charge < -0.3 is 0 Å². The predicted molar refractivity (Wildman–Crippen MR) is 61.8 cm³/mol. The molecule has 2 rings (SSSR count). The highest BCUT2D eigenvalue weighted by Gasteiger charge is 2.29. The first-order valence-electron chi connectivity index (χ1n) is 5.94. The maximum atomic E-state index is 2.39. The quantitative estimate of drug-likeness (QED) is 0.544. The lowest BCUT2D eigenvalue weighted by Crippen LogP contribution is -2.24.